The summed E-state index contributed by atoms with van der Waals surface area (Å²) in [6.45, 7) is 4.07. The highest BCUT2D eigenvalue weighted by Crippen LogP contribution is 2.23. The first-order valence-corrected chi connectivity index (χ1v) is 10.8. The number of thiazole rings is 1. The normalized spacial score (nSPS) is 13.9. The van der Waals surface area contributed by atoms with Crippen LogP contribution in [0.1, 0.15) is 39.6 Å². The van der Waals surface area contributed by atoms with Gasteiger partial charge in [0.2, 0.25) is 0 Å². The van der Waals surface area contributed by atoms with E-state index >= 15 is 0 Å². The number of ether oxygens (including phenoxy) is 1. The summed E-state index contributed by atoms with van der Waals surface area (Å²) >= 11 is 1.28. The Bertz CT molecular complexity index is 999. The Kier molecular flexibility index (Phi) is 6.23. The van der Waals surface area contributed by atoms with Gasteiger partial charge in [-0.1, -0.05) is 0 Å². The second kappa shape index (κ2) is 9.21. The van der Waals surface area contributed by atoms with Crippen LogP contribution in [0.5, 0.6) is 5.75 Å². The molecule has 0 aliphatic carbocycles. The van der Waals surface area contributed by atoms with Crippen LogP contribution in [0.25, 0.3) is 0 Å². The molecule has 0 atom stereocenters. The molecule has 0 spiro atoms. The third kappa shape index (κ3) is 4.94. The Hall–Kier alpha value is -3.00. The molecule has 30 heavy (non-hydrogen) atoms. The van der Waals surface area contributed by atoms with Crippen LogP contribution in [0.4, 0.5) is 15.9 Å². The van der Waals surface area contributed by atoms with Crippen LogP contribution in [0.3, 0.4) is 0 Å². The number of amides is 1. The van der Waals surface area contributed by atoms with Crippen molar-refractivity contribution in [3.63, 3.8) is 0 Å². The zero-order chi connectivity index (χ0) is 20.9. The fraction of sp³-hybridized carbons (Fsp3) is 0.318. The molecule has 0 unspecified atom stereocenters. The van der Waals surface area contributed by atoms with Crippen LogP contribution >= 0.6 is 11.3 Å². The fourth-order valence-corrected chi connectivity index (χ4v) is 4.23. The van der Waals surface area contributed by atoms with Gasteiger partial charge in [0.1, 0.15) is 33.9 Å². The number of nitrogens with one attached hydrogen (secondary N) is 1. The van der Waals surface area contributed by atoms with Crippen molar-refractivity contribution >= 4 is 28.7 Å². The van der Waals surface area contributed by atoms with Crippen molar-refractivity contribution < 1.29 is 13.9 Å². The van der Waals surface area contributed by atoms with Gasteiger partial charge in [-0.25, -0.2) is 14.4 Å². The first-order chi connectivity index (χ1) is 14.6. The highest BCUT2D eigenvalue weighted by molar-refractivity contribution is 7.13. The molecule has 0 radical (unpaired) electrons. The molecule has 1 N–H and O–H groups in total. The van der Waals surface area contributed by atoms with E-state index in [9.17, 15) is 9.18 Å². The second-order valence-electron chi connectivity index (χ2n) is 7.17. The average Bonchev–Trinajstić information content (AvgIpc) is 3.15. The Labute approximate surface area is 178 Å². The molecule has 3 aromatic rings. The number of halogens is 1. The van der Waals surface area contributed by atoms with Gasteiger partial charge in [0, 0.05) is 13.1 Å². The van der Waals surface area contributed by atoms with Gasteiger partial charge in [-0.15, -0.1) is 11.3 Å². The van der Waals surface area contributed by atoms with Crippen LogP contribution in [0.15, 0.2) is 42.6 Å². The summed E-state index contributed by atoms with van der Waals surface area (Å²) in [5.74, 6) is 0.965. The Morgan fingerprint density at radius 3 is 2.63 bits per heavy atom. The quantitative estimate of drug-likeness (QED) is 0.613. The molecule has 4 rings (SSSR count). The number of hydrogen-bond acceptors (Lipinski definition) is 6. The van der Waals surface area contributed by atoms with Gasteiger partial charge in [-0.2, -0.15) is 0 Å². The zero-order valence-corrected chi connectivity index (χ0v) is 17.5. The van der Waals surface area contributed by atoms with Gasteiger partial charge >= 0.3 is 0 Å². The van der Waals surface area contributed by atoms with E-state index in [1.54, 1.807) is 25.3 Å². The van der Waals surface area contributed by atoms with Crippen LogP contribution in [-0.2, 0) is 6.61 Å². The summed E-state index contributed by atoms with van der Waals surface area (Å²) < 4.78 is 18.6. The molecular weight excluding hydrogens is 403 g/mol. The lowest BCUT2D eigenvalue weighted by Gasteiger charge is -2.27. The van der Waals surface area contributed by atoms with Gasteiger partial charge < -0.3 is 15.0 Å². The number of anilines is 2. The number of aromatic nitrogens is 2. The van der Waals surface area contributed by atoms with Crippen molar-refractivity contribution in [2.24, 2.45) is 0 Å². The third-order valence-corrected chi connectivity index (χ3v) is 6.04. The highest BCUT2D eigenvalue weighted by Gasteiger charge is 2.17. The molecule has 6 nitrogen and oxygen atoms in total. The Morgan fingerprint density at radius 1 is 1.17 bits per heavy atom. The van der Waals surface area contributed by atoms with E-state index < -0.39 is 0 Å². The van der Waals surface area contributed by atoms with Crippen molar-refractivity contribution in [2.45, 2.75) is 32.8 Å². The molecule has 1 amide bonds. The van der Waals surface area contributed by atoms with E-state index in [1.807, 2.05) is 12.1 Å². The summed E-state index contributed by atoms with van der Waals surface area (Å²) in [6.07, 6.45) is 5.35. The maximum atomic E-state index is 13.0. The molecule has 3 heterocycles. The van der Waals surface area contributed by atoms with Crippen molar-refractivity contribution in [3.8, 4) is 5.75 Å². The standard InChI is InChI=1S/C22H23FN4O2S/c1-15-21(30-20(25-15)14-29-18-8-5-16(23)6-9-18)22(28)26-17-7-10-19(24-13-17)27-11-3-2-4-12-27/h5-10,13H,2-4,11-12,14H2,1H3,(H,26,28). The predicted octanol–water partition coefficient (Wildman–Crippen LogP) is 4.81. The molecule has 1 aliphatic heterocycles. The number of pyridine rings is 1. The minimum Gasteiger partial charge on any atom is -0.486 e. The number of piperidine rings is 1. The van der Waals surface area contributed by atoms with Crippen LogP contribution in [0.2, 0.25) is 0 Å². The topological polar surface area (TPSA) is 67.3 Å². The van der Waals surface area contributed by atoms with E-state index in [-0.39, 0.29) is 18.3 Å². The fourth-order valence-electron chi connectivity index (χ4n) is 3.36. The maximum absolute atomic E-state index is 13.0. The van der Waals surface area contributed by atoms with Gasteiger partial charge in [-0.05, 0) is 62.6 Å². The number of aryl methyl sites for hydroxylation is 1. The summed E-state index contributed by atoms with van der Waals surface area (Å²) in [4.78, 5) is 24.4. The van der Waals surface area contributed by atoms with Crippen molar-refractivity contribution in [3.05, 3.63) is 64.0 Å². The molecule has 1 aromatic carbocycles. The van der Waals surface area contributed by atoms with Gasteiger partial charge in [0.05, 0.1) is 17.6 Å². The second-order valence-corrected chi connectivity index (χ2v) is 8.26. The molecule has 1 saturated heterocycles. The largest absolute Gasteiger partial charge is 0.486 e. The smallest absolute Gasteiger partial charge is 0.267 e. The number of carbonyl (C=O) groups is 1. The SMILES string of the molecule is Cc1nc(COc2ccc(F)cc2)sc1C(=O)Nc1ccc(N2CCCCC2)nc1. The number of hydrogen-bond donors (Lipinski definition) is 1. The van der Waals surface area contributed by atoms with Crippen molar-refractivity contribution in [2.75, 3.05) is 23.3 Å². The minimum absolute atomic E-state index is 0.217. The first-order valence-electron chi connectivity index (χ1n) is 9.95. The predicted molar refractivity (Wildman–Crippen MR) is 116 cm³/mol. The molecule has 156 valence electrons. The van der Waals surface area contributed by atoms with E-state index in [0.29, 0.717) is 27.0 Å². The summed E-state index contributed by atoms with van der Waals surface area (Å²) in [5, 5.41) is 3.57. The minimum atomic E-state index is -0.315. The number of benzene rings is 1. The molecule has 0 saturated carbocycles. The average molecular weight is 427 g/mol. The first kappa shape index (κ1) is 20.3. The molecule has 1 fully saturated rings. The van der Waals surface area contributed by atoms with Crippen LogP contribution < -0.4 is 15.0 Å². The maximum Gasteiger partial charge on any atom is 0.267 e. The van der Waals surface area contributed by atoms with E-state index in [1.165, 1.54) is 42.7 Å². The van der Waals surface area contributed by atoms with Crippen molar-refractivity contribution in [1.82, 2.24) is 9.97 Å². The van der Waals surface area contributed by atoms with E-state index in [0.717, 1.165) is 18.9 Å². The lowest BCUT2D eigenvalue weighted by atomic mass is 10.1. The lowest BCUT2D eigenvalue weighted by molar-refractivity contribution is 0.102. The third-order valence-electron chi connectivity index (χ3n) is 4.91. The molecule has 0 bridgehead atoms. The Balaban J connectivity index is 1.36. The molecule has 2 aromatic heterocycles. The molecule has 1 aliphatic rings. The van der Waals surface area contributed by atoms with E-state index in [2.05, 4.69) is 20.2 Å². The number of carbonyl (C=O) groups excluding carboxylic acids is 1. The number of rotatable bonds is 6. The molecular formula is C22H23FN4O2S. The monoisotopic (exact) mass is 426 g/mol. The van der Waals surface area contributed by atoms with Crippen LogP contribution in [-0.4, -0.2) is 29.0 Å². The zero-order valence-electron chi connectivity index (χ0n) is 16.7. The van der Waals surface area contributed by atoms with Crippen LogP contribution in [0, 0.1) is 12.7 Å². The summed E-state index contributed by atoms with van der Waals surface area (Å²) in [7, 11) is 0. The molecule has 8 heteroatoms. The lowest BCUT2D eigenvalue weighted by Crippen LogP contribution is -2.30. The highest BCUT2D eigenvalue weighted by atomic mass is 32.1. The summed E-state index contributed by atoms with van der Waals surface area (Å²) in [6, 6.07) is 9.62. The van der Waals surface area contributed by atoms with Gasteiger partial charge in [-0.3, -0.25) is 4.79 Å². The Morgan fingerprint density at radius 2 is 1.93 bits per heavy atom. The number of nitrogens with zero attached hydrogens (tertiary/aromatic N) is 3. The summed E-state index contributed by atoms with van der Waals surface area (Å²) in [5.41, 5.74) is 1.30. The van der Waals surface area contributed by atoms with Gasteiger partial charge in [0.15, 0.2) is 0 Å². The van der Waals surface area contributed by atoms with Crippen molar-refractivity contribution in [1.29, 1.82) is 0 Å². The van der Waals surface area contributed by atoms with E-state index in [4.69, 9.17) is 4.74 Å². The van der Waals surface area contributed by atoms with Gasteiger partial charge in [0.25, 0.3) is 5.91 Å².